The van der Waals surface area contributed by atoms with Gasteiger partial charge in [0.1, 0.15) is 17.4 Å². The molecule has 3 rings (SSSR count). The maximum Gasteiger partial charge on any atom is 0.337 e. The van der Waals surface area contributed by atoms with E-state index in [-0.39, 0.29) is 11.5 Å². The van der Waals surface area contributed by atoms with Crippen molar-refractivity contribution in [3.8, 4) is 0 Å². The summed E-state index contributed by atoms with van der Waals surface area (Å²) in [5.41, 5.74) is 1.25. The first-order valence-corrected chi connectivity index (χ1v) is 6.86. The van der Waals surface area contributed by atoms with Crippen LogP contribution in [0.5, 0.6) is 0 Å². The van der Waals surface area contributed by atoms with Crippen molar-refractivity contribution < 1.29 is 19.4 Å². The van der Waals surface area contributed by atoms with Gasteiger partial charge in [-0.25, -0.2) is 14.6 Å². The van der Waals surface area contributed by atoms with Crippen LogP contribution in [0.3, 0.4) is 0 Å². The highest BCUT2D eigenvalue weighted by atomic mass is 16.5. The maximum absolute atomic E-state index is 11.9. The van der Waals surface area contributed by atoms with E-state index < -0.39 is 12.0 Å². The summed E-state index contributed by atoms with van der Waals surface area (Å²) in [4.78, 5) is 27.7. The monoisotopic (exact) mass is 288 g/mol. The number of carboxylic acid groups (broad SMARTS) is 1. The Balaban J connectivity index is 2.25. The lowest BCUT2D eigenvalue weighted by molar-refractivity contribution is -0.143. The van der Waals surface area contributed by atoms with Crippen molar-refractivity contribution in [3.63, 3.8) is 0 Å². The van der Waals surface area contributed by atoms with Crippen LogP contribution < -0.4 is 0 Å². The van der Waals surface area contributed by atoms with E-state index in [9.17, 15) is 14.7 Å². The molecule has 0 amide bonds. The van der Waals surface area contributed by atoms with Crippen LogP contribution in [-0.2, 0) is 9.53 Å². The molecule has 0 radical (unpaired) electrons. The molecule has 1 aromatic heterocycles. The number of hydrogen-bond donors (Lipinski definition) is 1. The SMILES string of the molecule is COC(=O)C(C)n1c(C2CC2)nc2c(C(=O)O)cccc21. The molecule has 6 heteroatoms. The fourth-order valence-electron chi connectivity index (χ4n) is 2.62. The number of ether oxygens (including phenoxy) is 1. The smallest absolute Gasteiger partial charge is 0.337 e. The van der Waals surface area contributed by atoms with Crippen LogP contribution in [0.25, 0.3) is 11.0 Å². The lowest BCUT2D eigenvalue weighted by Gasteiger charge is -2.15. The lowest BCUT2D eigenvalue weighted by atomic mass is 10.2. The van der Waals surface area contributed by atoms with E-state index in [0.717, 1.165) is 18.7 Å². The van der Waals surface area contributed by atoms with Crippen molar-refractivity contribution >= 4 is 23.0 Å². The summed E-state index contributed by atoms with van der Waals surface area (Å²) in [5, 5.41) is 9.29. The van der Waals surface area contributed by atoms with Gasteiger partial charge in [-0.05, 0) is 31.9 Å². The Kier molecular flexibility index (Phi) is 3.16. The lowest BCUT2D eigenvalue weighted by Crippen LogP contribution is -2.19. The second-order valence-electron chi connectivity index (χ2n) is 5.29. The van der Waals surface area contributed by atoms with Gasteiger partial charge in [0.25, 0.3) is 0 Å². The summed E-state index contributed by atoms with van der Waals surface area (Å²) < 4.78 is 6.62. The number of fused-ring (bicyclic) bond motifs is 1. The molecule has 1 aliphatic carbocycles. The Bertz CT molecular complexity index is 731. The van der Waals surface area contributed by atoms with Crippen LogP contribution in [0.15, 0.2) is 18.2 Å². The standard InChI is InChI=1S/C15H16N2O4/c1-8(15(20)21-2)17-11-5-3-4-10(14(18)19)12(11)16-13(17)9-6-7-9/h3-5,8-9H,6-7H2,1-2H3,(H,18,19). The van der Waals surface area contributed by atoms with Crippen LogP contribution >= 0.6 is 0 Å². The molecule has 0 spiro atoms. The van der Waals surface area contributed by atoms with E-state index in [2.05, 4.69) is 4.98 Å². The summed E-state index contributed by atoms with van der Waals surface area (Å²) in [6.45, 7) is 1.74. The first kappa shape index (κ1) is 13.6. The Hall–Kier alpha value is -2.37. The number of para-hydroxylation sites is 1. The zero-order valence-corrected chi connectivity index (χ0v) is 11.9. The molecule has 21 heavy (non-hydrogen) atoms. The normalized spacial score (nSPS) is 15.9. The molecule has 2 aromatic rings. The third-order valence-corrected chi connectivity index (χ3v) is 3.85. The second-order valence-corrected chi connectivity index (χ2v) is 5.29. The molecule has 1 unspecified atom stereocenters. The molecule has 0 saturated heterocycles. The summed E-state index contributed by atoms with van der Waals surface area (Å²) in [5.74, 6) is -0.307. The number of hydrogen-bond acceptors (Lipinski definition) is 4. The van der Waals surface area contributed by atoms with Gasteiger partial charge in [0.15, 0.2) is 0 Å². The molecule has 1 saturated carbocycles. The average molecular weight is 288 g/mol. The first-order chi connectivity index (χ1) is 10.0. The average Bonchev–Trinajstić information content (AvgIpc) is 3.25. The van der Waals surface area contributed by atoms with Crippen LogP contribution in [0.1, 0.15) is 47.9 Å². The number of rotatable bonds is 4. The number of nitrogens with zero attached hydrogens (tertiary/aromatic N) is 2. The summed E-state index contributed by atoms with van der Waals surface area (Å²) in [7, 11) is 1.34. The van der Waals surface area contributed by atoms with Gasteiger partial charge >= 0.3 is 11.9 Å². The fraction of sp³-hybridized carbons (Fsp3) is 0.400. The highest BCUT2D eigenvalue weighted by Gasteiger charge is 2.33. The summed E-state index contributed by atoms with van der Waals surface area (Å²) >= 11 is 0. The van der Waals surface area contributed by atoms with Crippen LogP contribution in [-0.4, -0.2) is 33.7 Å². The number of carbonyl (C=O) groups excluding carboxylic acids is 1. The highest BCUT2D eigenvalue weighted by molar-refractivity contribution is 6.01. The Morgan fingerprint density at radius 2 is 2.14 bits per heavy atom. The maximum atomic E-state index is 11.9. The number of benzene rings is 1. The molecule has 1 heterocycles. The van der Waals surface area contributed by atoms with Gasteiger partial charge in [-0.2, -0.15) is 0 Å². The minimum atomic E-state index is -1.02. The van der Waals surface area contributed by atoms with E-state index in [1.54, 1.807) is 19.1 Å². The Labute approximate surface area is 121 Å². The zero-order chi connectivity index (χ0) is 15.1. The fourth-order valence-corrected chi connectivity index (χ4v) is 2.62. The quantitative estimate of drug-likeness (QED) is 0.873. The largest absolute Gasteiger partial charge is 0.478 e. The van der Waals surface area contributed by atoms with Crippen molar-refractivity contribution in [3.05, 3.63) is 29.6 Å². The van der Waals surface area contributed by atoms with Gasteiger partial charge in [0.2, 0.25) is 0 Å². The van der Waals surface area contributed by atoms with Gasteiger partial charge < -0.3 is 14.4 Å². The number of imidazole rings is 1. The minimum absolute atomic E-state index is 0.158. The van der Waals surface area contributed by atoms with Crippen LogP contribution in [0.4, 0.5) is 0 Å². The molecule has 1 fully saturated rings. The second kappa shape index (κ2) is 4.87. The number of carbonyl (C=O) groups is 2. The van der Waals surface area contributed by atoms with E-state index in [4.69, 9.17) is 4.74 Å². The minimum Gasteiger partial charge on any atom is -0.478 e. The zero-order valence-electron chi connectivity index (χ0n) is 11.9. The van der Waals surface area contributed by atoms with Crippen LogP contribution in [0.2, 0.25) is 0 Å². The Morgan fingerprint density at radius 1 is 1.43 bits per heavy atom. The predicted molar refractivity (Wildman–Crippen MR) is 75.4 cm³/mol. The van der Waals surface area contributed by atoms with Gasteiger partial charge in [0.05, 0.1) is 18.2 Å². The molecule has 110 valence electrons. The van der Waals surface area contributed by atoms with Gasteiger partial charge in [0, 0.05) is 5.92 Å². The van der Waals surface area contributed by atoms with E-state index in [1.165, 1.54) is 13.2 Å². The van der Waals surface area contributed by atoms with E-state index in [0.29, 0.717) is 17.0 Å². The molecule has 1 N–H and O–H groups in total. The molecule has 0 aliphatic heterocycles. The molecular formula is C15H16N2O4. The van der Waals surface area contributed by atoms with Crippen molar-refractivity contribution in [2.45, 2.75) is 31.7 Å². The number of carboxylic acids is 1. The van der Waals surface area contributed by atoms with E-state index in [1.807, 2.05) is 4.57 Å². The highest BCUT2D eigenvalue weighted by Crippen LogP contribution is 2.42. The molecule has 6 nitrogen and oxygen atoms in total. The number of aromatic nitrogens is 2. The first-order valence-electron chi connectivity index (χ1n) is 6.86. The van der Waals surface area contributed by atoms with Crippen LogP contribution in [0, 0.1) is 0 Å². The predicted octanol–water partition coefficient (Wildman–Crippen LogP) is 2.35. The summed E-state index contributed by atoms with van der Waals surface area (Å²) in [6.07, 6.45) is 2.03. The van der Waals surface area contributed by atoms with E-state index >= 15 is 0 Å². The molecule has 0 bridgehead atoms. The third-order valence-electron chi connectivity index (χ3n) is 3.85. The van der Waals surface area contributed by atoms with Crippen molar-refractivity contribution in [1.29, 1.82) is 0 Å². The number of esters is 1. The number of methoxy groups -OCH3 is 1. The van der Waals surface area contributed by atoms with Gasteiger partial charge in [-0.15, -0.1) is 0 Å². The summed E-state index contributed by atoms with van der Waals surface area (Å²) in [6, 6.07) is 4.46. The van der Waals surface area contributed by atoms with Crippen molar-refractivity contribution in [1.82, 2.24) is 9.55 Å². The van der Waals surface area contributed by atoms with Crippen molar-refractivity contribution in [2.24, 2.45) is 0 Å². The van der Waals surface area contributed by atoms with Gasteiger partial charge in [-0.3, -0.25) is 0 Å². The Morgan fingerprint density at radius 3 is 2.71 bits per heavy atom. The molecule has 1 atom stereocenters. The topological polar surface area (TPSA) is 81.4 Å². The van der Waals surface area contributed by atoms with Crippen molar-refractivity contribution in [2.75, 3.05) is 7.11 Å². The third kappa shape index (κ3) is 2.16. The number of aromatic carboxylic acids is 1. The molecular weight excluding hydrogens is 272 g/mol. The van der Waals surface area contributed by atoms with Gasteiger partial charge in [-0.1, -0.05) is 6.07 Å². The molecule has 1 aromatic carbocycles. The molecule has 1 aliphatic rings.